The van der Waals surface area contributed by atoms with Gasteiger partial charge in [-0.25, -0.2) is 8.42 Å². The second-order valence-electron chi connectivity index (χ2n) is 7.55. The molecule has 2 atom stereocenters. The highest BCUT2D eigenvalue weighted by Gasteiger charge is 2.35. The molecule has 1 rings (SSSR count). The van der Waals surface area contributed by atoms with Crippen LogP contribution in [0.5, 0.6) is 0 Å². The Morgan fingerprint density at radius 3 is 2.33 bits per heavy atom. The molecule has 2 N–H and O–H groups in total. The van der Waals surface area contributed by atoms with E-state index < -0.39 is 14.6 Å². The molecule has 1 aliphatic rings. The first kappa shape index (κ1) is 16.0. The van der Waals surface area contributed by atoms with E-state index >= 15 is 0 Å². The number of hydrogen-bond acceptors (Lipinski definition) is 3. The lowest BCUT2D eigenvalue weighted by molar-refractivity contribution is 0.154. The fourth-order valence-corrected chi connectivity index (χ4v) is 3.91. The minimum Gasteiger partial charge on any atom is -0.327 e. The van der Waals surface area contributed by atoms with Gasteiger partial charge in [-0.15, -0.1) is 0 Å². The lowest BCUT2D eigenvalue weighted by atomic mass is 9.69. The summed E-state index contributed by atoms with van der Waals surface area (Å²) in [6, 6.07) is 0.174. The molecule has 0 bridgehead atoms. The molecule has 0 spiro atoms. The molecule has 0 aliphatic heterocycles. The smallest absolute Gasteiger partial charge is 0.155 e. The van der Waals surface area contributed by atoms with Crippen molar-refractivity contribution in [1.29, 1.82) is 0 Å². The maximum absolute atomic E-state index is 12.1. The molecule has 0 aromatic rings. The van der Waals surface area contributed by atoms with Crippen LogP contribution in [-0.4, -0.2) is 25.0 Å². The summed E-state index contributed by atoms with van der Waals surface area (Å²) in [6.07, 6.45) is 3.93. The van der Waals surface area contributed by atoms with E-state index in [4.69, 9.17) is 5.73 Å². The SMILES string of the molecule is CC1(C)CCC(N)C(CCS(=O)(=O)C(C)(C)C)C1. The van der Waals surface area contributed by atoms with E-state index in [-0.39, 0.29) is 11.8 Å². The summed E-state index contributed by atoms with van der Waals surface area (Å²) in [5, 5.41) is 0. The molecule has 18 heavy (non-hydrogen) atoms. The van der Waals surface area contributed by atoms with Gasteiger partial charge in [0, 0.05) is 6.04 Å². The van der Waals surface area contributed by atoms with E-state index in [0.717, 1.165) is 19.3 Å². The van der Waals surface area contributed by atoms with Crippen LogP contribution in [0.25, 0.3) is 0 Å². The van der Waals surface area contributed by atoms with Crippen LogP contribution in [-0.2, 0) is 9.84 Å². The van der Waals surface area contributed by atoms with Gasteiger partial charge in [0.25, 0.3) is 0 Å². The minimum atomic E-state index is -3.01. The highest BCUT2D eigenvalue weighted by atomic mass is 32.2. The van der Waals surface area contributed by atoms with Gasteiger partial charge in [0.1, 0.15) is 0 Å². The van der Waals surface area contributed by atoms with Gasteiger partial charge in [-0.1, -0.05) is 13.8 Å². The molecule has 4 heteroatoms. The molecule has 1 fully saturated rings. The Kier molecular flexibility index (Phi) is 4.54. The maximum atomic E-state index is 12.1. The van der Waals surface area contributed by atoms with Crippen molar-refractivity contribution < 1.29 is 8.42 Å². The first-order chi connectivity index (χ1) is 7.95. The normalized spacial score (nSPS) is 29.2. The molecular weight excluding hydrogens is 246 g/mol. The molecule has 0 saturated heterocycles. The van der Waals surface area contributed by atoms with Gasteiger partial charge in [0.05, 0.1) is 10.5 Å². The first-order valence-corrected chi connectivity index (χ1v) is 8.58. The van der Waals surface area contributed by atoms with Crippen LogP contribution in [0.1, 0.15) is 60.3 Å². The van der Waals surface area contributed by atoms with E-state index in [2.05, 4.69) is 13.8 Å². The Morgan fingerprint density at radius 2 is 1.83 bits per heavy atom. The maximum Gasteiger partial charge on any atom is 0.155 e. The third-order valence-electron chi connectivity index (χ3n) is 4.27. The van der Waals surface area contributed by atoms with Gasteiger partial charge >= 0.3 is 0 Å². The standard InChI is InChI=1S/C14H29NO2S/c1-13(2,3)18(16,17)9-7-11-10-14(4,5)8-6-12(11)15/h11-12H,6-10,15H2,1-5H3. The van der Waals surface area contributed by atoms with Crippen molar-refractivity contribution in [1.82, 2.24) is 0 Å². The molecule has 1 saturated carbocycles. The number of nitrogens with two attached hydrogens (primary N) is 1. The van der Waals surface area contributed by atoms with Crippen LogP contribution in [0.3, 0.4) is 0 Å². The van der Waals surface area contributed by atoms with Crippen molar-refractivity contribution in [3.05, 3.63) is 0 Å². The zero-order valence-electron chi connectivity index (χ0n) is 12.5. The van der Waals surface area contributed by atoms with Crippen molar-refractivity contribution in [2.45, 2.75) is 71.1 Å². The number of rotatable bonds is 3. The summed E-state index contributed by atoms with van der Waals surface area (Å²) in [4.78, 5) is 0. The highest BCUT2D eigenvalue weighted by molar-refractivity contribution is 7.92. The van der Waals surface area contributed by atoms with Crippen molar-refractivity contribution in [3.8, 4) is 0 Å². The van der Waals surface area contributed by atoms with Gasteiger partial charge in [-0.05, 0) is 57.8 Å². The zero-order chi connectivity index (χ0) is 14.2. The van der Waals surface area contributed by atoms with Gasteiger partial charge < -0.3 is 5.73 Å². The quantitative estimate of drug-likeness (QED) is 0.861. The molecule has 1 aliphatic carbocycles. The number of hydrogen-bond donors (Lipinski definition) is 1. The Balaban J connectivity index is 2.63. The summed E-state index contributed by atoms with van der Waals surface area (Å²) >= 11 is 0. The second-order valence-corrected chi connectivity index (χ2v) is 10.4. The minimum absolute atomic E-state index is 0.174. The number of sulfone groups is 1. The van der Waals surface area contributed by atoms with E-state index in [0.29, 0.717) is 17.8 Å². The molecule has 0 heterocycles. The monoisotopic (exact) mass is 275 g/mol. The van der Waals surface area contributed by atoms with Crippen molar-refractivity contribution >= 4 is 9.84 Å². The fraction of sp³-hybridized carbons (Fsp3) is 1.00. The first-order valence-electron chi connectivity index (χ1n) is 6.92. The van der Waals surface area contributed by atoms with Gasteiger partial charge in [0.15, 0.2) is 9.84 Å². The summed E-state index contributed by atoms with van der Waals surface area (Å²) in [7, 11) is -3.01. The van der Waals surface area contributed by atoms with E-state index in [1.54, 1.807) is 20.8 Å². The lowest BCUT2D eigenvalue weighted by Crippen LogP contribution is -2.41. The van der Waals surface area contributed by atoms with Gasteiger partial charge in [-0.3, -0.25) is 0 Å². The van der Waals surface area contributed by atoms with Crippen molar-refractivity contribution in [2.24, 2.45) is 17.1 Å². The molecule has 2 unspecified atom stereocenters. The third kappa shape index (κ3) is 3.95. The van der Waals surface area contributed by atoms with Crippen LogP contribution in [0.2, 0.25) is 0 Å². The predicted octanol–water partition coefficient (Wildman–Crippen LogP) is 2.74. The third-order valence-corrected chi connectivity index (χ3v) is 6.90. The predicted molar refractivity (Wildman–Crippen MR) is 77.3 cm³/mol. The summed E-state index contributed by atoms with van der Waals surface area (Å²) < 4.78 is 23.6. The molecule has 0 radical (unpaired) electrons. The van der Waals surface area contributed by atoms with Crippen LogP contribution >= 0.6 is 0 Å². The Morgan fingerprint density at radius 1 is 1.28 bits per heavy atom. The lowest BCUT2D eigenvalue weighted by Gasteiger charge is -2.39. The Labute approximate surface area is 112 Å². The molecule has 0 amide bonds. The van der Waals surface area contributed by atoms with Crippen LogP contribution in [0, 0.1) is 11.3 Å². The van der Waals surface area contributed by atoms with Crippen LogP contribution < -0.4 is 5.73 Å². The fourth-order valence-electron chi connectivity index (χ4n) is 2.69. The van der Waals surface area contributed by atoms with Crippen molar-refractivity contribution in [3.63, 3.8) is 0 Å². The summed E-state index contributed by atoms with van der Waals surface area (Å²) in [5.41, 5.74) is 6.46. The Hall–Kier alpha value is -0.0900. The molecular formula is C14H29NO2S. The van der Waals surface area contributed by atoms with E-state index in [1.165, 1.54) is 0 Å². The summed E-state index contributed by atoms with van der Waals surface area (Å²) in [6.45, 7) is 9.82. The largest absolute Gasteiger partial charge is 0.327 e. The van der Waals surface area contributed by atoms with E-state index in [9.17, 15) is 8.42 Å². The van der Waals surface area contributed by atoms with Gasteiger partial charge in [-0.2, -0.15) is 0 Å². The molecule has 3 nitrogen and oxygen atoms in total. The van der Waals surface area contributed by atoms with Gasteiger partial charge in [0.2, 0.25) is 0 Å². The molecule has 0 aromatic carbocycles. The van der Waals surface area contributed by atoms with E-state index in [1.807, 2.05) is 0 Å². The second kappa shape index (κ2) is 5.12. The highest BCUT2D eigenvalue weighted by Crippen LogP contribution is 2.39. The van der Waals surface area contributed by atoms with Crippen LogP contribution in [0.15, 0.2) is 0 Å². The Bertz CT molecular complexity index is 379. The van der Waals surface area contributed by atoms with Crippen LogP contribution in [0.4, 0.5) is 0 Å². The topological polar surface area (TPSA) is 60.2 Å². The molecule has 108 valence electrons. The summed E-state index contributed by atoms with van der Waals surface area (Å²) in [5.74, 6) is 0.621. The van der Waals surface area contributed by atoms with Crippen molar-refractivity contribution in [2.75, 3.05) is 5.75 Å². The average Bonchev–Trinajstić information content (AvgIpc) is 2.18. The zero-order valence-corrected chi connectivity index (χ0v) is 13.3. The average molecular weight is 275 g/mol. The molecule has 0 aromatic heterocycles.